The summed E-state index contributed by atoms with van der Waals surface area (Å²) in [5, 5.41) is 0. The average molecular weight is 286 g/mol. The maximum absolute atomic E-state index is 2.78. The second-order valence-corrected chi connectivity index (χ2v) is 6.72. The van der Waals surface area contributed by atoms with Gasteiger partial charge in [-0.05, 0) is 30.9 Å². The predicted octanol–water partition coefficient (Wildman–Crippen LogP) is 3.95. The molecule has 1 unspecified atom stereocenters. The molecule has 1 aromatic rings. The van der Waals surface area contributed by atoms with E-state index in [0.717, 1.165) is 5.92 Å². The number of rotatable bonds is 4. The first kappa shape index (κ1) is 15.1. The topological polar surface area (TPSA) is 6.48 Å². The van der Waals surface area contributed by atoms with Crippen LogP contribution < -0.4 is 0 Å². The fourth-order valence-corrected chi connectivity index (χ4v) is 4.24. The summed E-state index contributed by atoms with van der Waals surface area (Å²) >= 11 is 0. The number of nitrogens with zero attached hydrogens (tertiary/aromatic N) is 2. The van der Waals surface area contributed by atoms with Gasteiger partial charge in [0, 0.05) is 32.2 Å². The largest absolute Gasteiger partial charge is 0.301 e. The van der Waals surface area contributed by atoms with Crippen LogP contribution in [0.2, 0.25) is 0 Å². The van der Waals surface area contributed by atoms with Crippen LogP contribution in [0.15, 0.2) is 30.3 Å². The molecule has 0 bridgehead atoms. The van der Waals surface area contributed by atoms with E-state index < -0.39 is 0 Å². The van der Waals surface area contributed by atoms with Crippen molar-refractivity contribution in [1.82, 2.24) is 9.80 Å². The minimum absolute atomic E-state index is 0.658. The standard InChI is InChI=1S/C19H30N2/c1-2-20-13-15-21(16-14-20)19(17-9-5-3-6-10-17)18-11-7-4-8-12-18/h3,5-6,9-10,18-19H,2,4,7-8,11-16H2,1H3. The van der Waals surface area contributed by atoms with Gasteiger partial charge in [-0.3, -0.25) is 4.90 Å². The van der Waals surface area contributed by atoms with Crippen LogP contribution in [-0.2, 0) is 0 Å². The maximum Gasteiger partial charge on any atom is 0.0377 e. The summed E-state index contributed by atoms with van der Waals surface area (Å²) < 4.78 is 0. The Morgan fingerprint density at radius 2 is 1.62 bits per heavy atom. The summed E-state index contributed by atoms with van der Waals surface area (Å²) in [4.78, 5) is 5.36. The lowest BCUT2D eigenvalue weighted by Crippen LogP contribution is -2.49. The van der Waals surface area contributed by atoms with Crippen LogP contribution in [0.4, 0.5) is 0 Å². The second kappa shape index (κ2) is 7.42. The molecule has 2 aliphatic rings. The molecule has 1 aliphatic carbocycles. The highest BCUT2D eigenvalue weighted by atomic mass is 15.3. The molecule has 0 spiro atoms. The van der Waals surface area contributed by atoms with Gasteiger partial charge in [0.15, 0.2) is 0 Å². The van der Waals surface area contributed by atoms with E-state index in [1.165, 1.54) is 64.8 Å². The Labute approximate surface area is 130 Å². The third-order valence-electron chi connectivity index (χ3n) is 5.48. The van der Waals surface area contributed by atoms with Gasteiger partial charge < -0.3 is 4.90 Å². The van der Waals surface area contributed by atoms with E-state index in [-0.39, 0.29) is 0 Å². The van der Waals surface area contributed by atoms with Crippen LogP contribution in [-0.4, -0.2) is 42.5 Å². The summed E-state index contributed by atoms with van der Waals surface area (Å²) in [6.07, 6.45) is 7.16. The number of piperazine rings is 1. The van der Waals surface area contributed by atoms with Crippen molar-refractivity contribution in [3.63, 3.8) is 0 Å². The normalized spacial score (nSPS) is 24.0. The van der Waals surface area contributed by atoms with Crippen molar-refractivity contribution in [1.29, 1.82) is 0 Å². The van der Waals surface area contributed by atoms with Crippen molar-refractivity contribution >= 4 is 0 Å². The van der Waals surface area contributed by atoms with Crippen molar-refractivity contribution in [2.24, 2.45) is 5.92 Å². The molecule has 0 aromatic heterocycles. The van der Waals surface area contributed by atoms with Crippen molar-refractivity contribution in [2.75, 3.05) is 32.7 Å². The van der Waals surface area contributed by atoms with Gasteiger partial charge in [-0.25, -0.2) is 0 Å². The molecule has 1 atom stereocenters. The van der Waals surface area contributed by atoms with Gasteiger partial charge in [-0.15, -0.1) is 0 Å². The fraction of sp³-hybridized carbons (Fsp3) is 0.684. The molecule has 1 saturated heterocycles. The minimum atomic E-state index is 0.658. The SMILES string of the molecule is CCN1CCN(C(c2ccccc2)C2CCCCC2)CC1. The average Bonchev–Trinajstić information content (AvgIpc) is 2.58. The fourth-order valence-electron chi connectivity index (χ4n) is 4.24. The lowest BCUT2D eigenvalue weighted by atomic mass is 9.80. The van der Waals surface area contributed by atoms with Crippen LogP contribution in [0.3, 0.4) is 0 Å². The van der Waals surface area contributed by atoms with Gasteiger partial charge in [0.25, 0.3) is 0 Å². The summed E-state index contributed by atoms with van der Waals surface area (Å²) in [5.41, 5.74) is 1.55. The molecule has 1 aromatic carbocycles. The Bertz CT molecular complexity index is 403. The molecule has 21 heavy (non-hydrogen) atoms. The molecule has 0 N–H and O–H groups in total. The smallest absolute Gasteiger partial charge is 0.0377 e. The quantitative estimate of drug-likeness (QED) is 0.827. The van der Waals surface area contributed by atoms with Gasteiger partial charge >= 0.3 is 0 Å². The molecule has 1 saturated carbocycles. The molecule has 1 heterocycles. The Balaban J connectivity index is 1.76. The lowest BCUT2D eigenvalue weighted by Gasteiger charge is -2.43. The van der Waals surface area contributed by atoms with E-state index in [9.17, 15) is 0 Å². The van der Waals surface area contributed by atoms with Gasteiger partial charge in [0.1, 0.15) is 0 Å². The van der Waals surface area contributed by atoms with Crippen molar-refractivity contribution < 1.29 is 0 Å². The molecule has 1 aliphatic heterocycles. The minimum Gasteiger partial charge on any atom is -0.301 e. The van der Waals surface area contributed by atoms with Gasteiger partial charge in [0.05, 0.1) is 0 Å². The van der Waals surface area contributed by atoms with Gasteiger partial charge in [-0.1, -0.05) is 56.5 Å². The highest BCUT2D eigenvalue weighted by Crippen LogP contribution is 2.38. The Hall–Kier alpha value is -0.860. The van der Waals surface area contributed by atoms with E-state index in [0.29, 0.717) is 6.04 Å². The summed E-state index contributed by atoms with van der Waals surface area (Å²) in [5.74, 6) is 0.870. The van der Waals surface area contributed by atoms with Crippen molar-refractivity contribution in [3.8, 4) is 0 Å². The Kier molecular flexibility index (Phi) is 5.32. The summed E-state index contributed by atoms with van der Waals surface area (Å²) in [7, 11) is 0. The molecule has 2 heteroatoms. The van der Waals surface area contributed by atoms with Crippen LogP contribution in [0.1, 0.15) is 50.6 Å². The third kappa shape index (κ3) is 3.67. The van der Waals surface area contributed by atoms with E-state index in [1.54, 1.807) is 5.56 Å². The molecule has 2 nitrogen and oxygen atoms in total. The predicted molar refractivity (Wildman–Crippen MR) is 89.4 cm³/mol. The maximum atomic E-state index is 2.78. The number of hydrogen-bond acceptors (Lipinski definition) is 2. The summed E-state index contributed by atoms with van der Waals surface area (Å²) in [6, 6.07) is 11.9. The highest BCUT2D eigenvalue weighted by Gasteiger charge is 2.31. The number of benzene rings is 1. The first-order chi connectivity index (χ1) is 10.4. The van der Waals surface area contributed by atoms with Crippen LogP contribution >= 0.6 is 0 Å². The molecular weight excluding hydrogens is 256 g/mol. The highest BCUT2D eigenvalue weighted by molar-refractivity contribution is 5.20. The van der Waals surface area contributed by atoms with E-state index in [4.69, 9.17) is 0 Å². The zero-order chi connectivity index (χ0) is 14.5. The zero-order valence-corrected chi connectivity index (χ0v) is 13.5. The zero-order valence-electron chi connectivity index (χ0n) is 13.5. The monoisotopic (exact) mass is 286 g/mol. The molecule has 0 amide bonds. The summed E-state index contributed by atoms with van der Waals surface area (Å²) in [6.45, 7) is 8.45. The first-order valence-corrected chi connectivity index (χ1v) is 8.90. The Morgan fingerprint density at radius 3 is 2.24 bits per heavy atom. The van der Waals surface area contributed by atoms with Crippen LogP contribution in [0, 0.1) is 5.92 Å². The third-order valence-corrected chi connectivity index (χ3v) is 5.48. The lowest BCUT2D eigenvalue weighted by molar-refractivity contribution is 0.0596. The van der Waals surface area contributed by atoms with Crippen LogP contribution in [0.5, 0.6) is 0 Å². The molecule has 0 radical (unpaired) electrons. The molecule has 116 valence electrons. The molecule has 3 rings (SSSR count). The number of likely N-dealkylation sites (N-methyl/N-ethyl adjacent to an activating group) is 1. The van der Waals surface area contributed by atoms with Gasteiger partial charge in [0.2, 0.25) is 0 Å². The second-order valence-electron chi connectivity index (χ2n) is 6.72. The molecule has 2 fully saturated rings. The first-order valence-electron chi connectivity index (χ1n) is 8.90. The van der Waals surface area contributed by atoms with E-state index in [1.807, 2.05) is 0 Å². The van der Waals surface area contributed by atoms with Crippen LogP contribution in [0.25, 0.3) is 0 Å². The van der Waals surface area contributed by atoms with Crippen molar-refractivity contribution in [2.45, 2.75) is 45.1 Å². The van der Waals surface area contributed by atoms with Crippen molar-refractivity contribution in [3.05, 3.63) is 35.9 Å². The molecular formula is C19H30N2. The Morgan fingerprint density at radius 1 is 0.952 bits per heavy atom. The number of hydrogen-bond donors (Lipinski definition) is 0. The van der Waals surface area contributed by atoms with E-state index >= 15 is 0 Å². The van der Waals surface area contributed by atoms with Gasteiger partial charge in [-0.2, -0.15) is 0 Å². The van der Waals surface area contributed by atoms with E-state index in [2.05, 4.69) is 47.1 Å².